The molecule has 0 rings (SSSR count). The molecule has 0 aromatic heterocycles. The van der Waals surface area contributed by atoms with Gasteiger partial charge in [0.05, 0.1) is 5.70 Å². The Labute approximate surface area is 81.9 Å². The molecular formula is C12H19N. The van der Waals surface area contributed by atoms with Crippen LogP contribution in [0.15, 0.2) is 53.7 Å². The summed E-state index contributed by atoms with van der Waals surface area (Å²) in [5, 5.41) is 0. The number of hydrogen-bond donors (Lipinski definition) is 0. The molecule has 0 atom stereocenters. The molecule has 0 spiro atoms. The van der Waals surface area contributed by atoms with Crippen LogP contribution >= 0.6 is 0 Å². The maximum atomic E-state index is 3.82. The Morgan fingerprint density at radius 3 is 2.00 bits per heavy atom. The van der Waals surface area contributed by atoms with Crippen molar-refractivity contribution in [1.29, 1.82) is 0 Å². The Bertz CT molecular complexity index is 219. The van der Waals surface area contributed by atoms with Crippen LogP contribution in [0.5, 0.6) is 0 Å². The van der Waals surface area contributed by atoms with Crippen molar-refractivity contribution < 1.29 is 0 Å². The zero-order chi connectivity index (χ0) is 10.7. The number of nitrogens with zero attached hydrogens (tertiary/aromatic N) is 1. The summed E-state index contributed by atoms with van der Waals surface area (Å²) in [5.74, 6) is 0. The normalized spacial score (nSPS) is 11.0. The minimum absolute atomic E-state index is 0.833. The van der Waals surface area contributed by atoms with Crippen molar-refractivity contribution in [2.24, 2.45) is 4.99 Å². The lowest BCUT2D eigenvalue weighted by Gasteiger charge is -1.98. The fraction of sp³-hybridized carbons (Fsp3) is 0.250. The van der Waals surface area contributed by atoms with E-state index in [1.165, 1.54) is 0 Å². The molecule has 0 bridgehead atoms. The highest BCUT2D eigenvalue weighted by Crippen LogP contribution is 2.11. The van der Waals surface area contributed by atoms with Gasteiger partial charge in [-0.15, -0.1) is 0 Å². The second-order valence-corrected chi connectivity index (χ2v) is 1.89. The highest BCUT2D eigenvalue weighted by molar-refractivity contribution is 5.44. The molecule has 72 valence electrons. The monoisotopic (exact) mass is 177 g/mol. The van der Waals surface area contributed by atoms with Crippen molar-refractivity contribution in [1.82, 2.24) is 0 Å². The van der Waals surface area contributed by atoms with Gasteiger partial charge in [-0.2, -0.15) is 0 Å². The summed E-state index contributed by atoms with van der Waals surface area (Å²) >= 11 is 0. The number of aliphatic imine (C=N–C) groups is 1. The zero-order valence-electron chi connectivity index (χ0n) is 8.88. The third-order valence-corrected chi connectivity index (χ3v) is 1.26. The number of rotatable bonds is 4. The molecule has 0 aliphatic heterocycles. The topological polar surface area (TPSA) is 12.4 Å². The SMILES string of the molecule is C=C/C=C(C=C)\C(=C/C)N=C.CC. The quantitative estimate of drug-likeness (QED) is 0.456. The maximum Gasteiger partial charge on any atom is 0.0651 e. The van der Waals surface area contributed by atoms with E-state index in [4.69, 9.17) is 0 Å². The Balaban J connectivity index is 0. The fourth-order valence-corrected chi connectivity index (χ4v) is 0.734. The molecule has 0 aromatic rings. The van der Waals surface area contributed by atoms with E-state index in [1.54, 1.807) is 12.2 Å². The first kappa shape index (κ1) is 14.2. The molecule has 0 radical (unpaired) electrons. The average Bonchev–Trinajstić information content (AvgIpc) is 2.21. The predicted molar refractivity (Wildman–Crippen MR) is 63.1 cm³/mol. The molecule has 0 heterocycles. The molecule has 0 saturated heterocycles. The summed E-state index contributed by atoms with van der Waals surface area (Å²) in [7, 11) is 0. The van der Waals surface area contributed by atoms with Crippen molar-refractivity contribution in [3.63, 3.8) is 0 Å². The second-order valence-electron chi connectivity index (χ2n) is 1.89. The predicted octanol–water partition coefficient (Wildman–Crippen LogP) is 3.92. The summed E-state index contributed by atoms with van der Waals surface area (Å²) in [6, 6.07) is 0. The van der Waals surface area contributed by atoms with Gasteiger partial charge in [0.2, 0.25) is 0 Å². The van der Waals surface area contributed by atoms with Crippen LogP contribution in [0.1, 0.15) is 20.8 Å². The summed E-state index contributed by atoms with van der Waals surface area (Å²) in [4.78, 5) is 3.82. The zero-order valence-corrected chi connectivity index (χ0v) is 8.88. The Hall–Kier alpha value is -1.37. The maximum absolute atomic E-state index is 3.82. The first-order valence-corrected chi connectivity index (χ1v) is 4.38. The molecule has 0 fully saturated rings. The fourth-order valence-electron chi connectivity index (χ4n) is 0.734. The standard InChI is InChI=1S/C10H13N.C2H6/c1-5-8-9(6-2)10(7-3)11-4;1-2/h5-8H,1-2,4H2,3H3;1-2H3/b9-8-,10-7+;. The van der Waals surface area contributed by atoms with Crippen molar-refractivity contribution in [3.8, 4) is 0 Å². The minimum atomic E-state index is 0.833. The largest absolute Gasteiger partial charge is 0.264 e. The highest BCUT2D eigenvalue weighted by atomic mass is 14.7. The van der Waals surface area contributed by atoms with Crippen molar-refractivity contribution in [2.45, 2.75) is 20.8 Å². The Morgan fingerprint density at radius 1 is 1.23 bits per heavy atom. The molecule has 13 heavy (non-hydrogen) atoms. The van der Waals surface area contributed by atoms with Crippen molar-refractivity contribution in [2.75, 3.05) is 0 Å². The van der Waals surface area contributed by atoms with Gasteiger partial charge in [0, 0.05) is 0 Å². The first-order chi connectivity index (χ1) is 6.29. The van der Waals surface area contributed by atoms with Gasteiger partial charge in [0.25, 0.3) is 0 Å². The molecule has 0 saturated carbocycles. The van der Waals surface area contributed by atoms with Gasteiger partial charge < -0.3 is 0 Å². The summed E-state index contributed by atoms with van der Waals surface area (Å²) < 4.78 is 0. The summed E-state index contributed by atoms with van der Waals surface area (Å²) in [6.07, 6.45) is 7.15. The van der Waals surface area contributed by atoms with Crippen LogP contribution in [0.25, 0.3) is 0 Å². The van der Waals surface area contributed by atoms with Gasteiger partial charge >= 0.3 is 0 Å². The summed E-state index contributed by atoms with van der Waals surface area (Å²) in [5.41, 5.74) is 1.78. The summed E-state index contributed by atoms with van der Waals surface area (Å²) in [6.45, 7) is 16.6. The molecular weight excluding hydrogens is 158 g/mol. The Morgan fingerprint density at radius 2 is 1.77 bits per heavy atom. The van der Waals surface area contributed by atoms with E-state index in [1.807, 2.05) is 32.9 Å². The van der Waals surface area contributed by atoms with Crippen LogP contribution in [0.3, 0.4) is 0 Å². The van der Waals surface area contributed by atoms with Crippen LogP contribution in [-0.4, -0.2) is 6.72 Å². The highest BCUT2D eigenvalue weighted by Gasteiger charge is 1.93. The molecule has 1 nitrogen and oxygen atoms in total. The average molecular weight is 177 g/mol. The molecule has 1 heteroatoms. The van der Waals surface area contributed by atoms with Gasteiger partial charge in [-0.3, -0.25) is 4.99 Å². The van der Waals surface area contributed by atoms with Gasteiger partial charge in [-0.05, 0) is 19.2 Å². The van der Waals surface area contributed by atoms with E-state index in [9.17, 15) is 0 Å². The van der Waals surface area contributed by atoms with E-state index < -0.39 is 0 Å². The smallest absolute Gasteiger partial charge is 0.0651 e. The third kappa shape index (κ3) is 5.85. The van der Waals surface area contributed by atoms with Crippen molar-refractivity contribution >= 4 is 6.72 Å². The van der Waals surface area contributed by atoms with Crippen LogP contribution in [0, 0.1) is 0 Å². The van der Waals surface area contributed by atoms with E-state index >= 15 is 0 Å². The number of allylic oxidation sites excluding steroid dienone is 4. The first-order valence-electron chi connectivity index (χ1n) is 4.38. The van der Waals surface area contributed by atoms with Gasteiger partial charge in [-0.25, -0.2) is 0 Å². The van der Waals surface area contributed by atoms with Crippen LogP contribution in [0.4, 0.5) is 0 Å². The molecule has 0 unspecified atom stereocenters. The van der Waals surface area contributed by atoms with E-state index in [2.05, 4.69) is 24.9 Å². The van der Waals surface area contributed by atoms with Crippen molar-refractivity contribution in [3.05, 3.63) is 48.7 Å². The van der Waals surface area contributed by atoms with Gasteiger partial charge in [0.15, 0.2) is 0 Å². The third-order valence-electron chi connectivity index (χ3n) is 1.26. The van der Waals surface area contributed by atoms with Crippen LogP contribution < -0.4 is 0 Å². The molecule has 0 N–H and O–H groups in total. The van der Waals surface area contributed by atoms with Gasteiger partial charge in [-0.1, -0.05) is 51.3 Å². The molecule has 0 amide bonds. The Kier molecular flexibility index (Phi) is 11.6. The lowest BCUT2D eigenvalue weighted by atomic mass is 10.2. The van der Waals surface area contributed by atoms with Crippen LogP contribution in [-0.2, 0) is 0 Å². The van der Waals surface area contributed by atoms with E-state index in [0.717, 1.165) is 11.3 Å². The van der Waals surface area contributed by atoms with Gasteiger partial charge in [0.1, 0.15) is 0 Å². The molecule has 0 aliphatic rings. The minimum Gasteiger partial charge on any atom is -0.264 e. The number of hydrogen-bond acceptors (Lipinski definition) is 1. The lowest BCUT2D eigenvalue weighted by Crippen LogP contribution is -1.80. The molecule has 0 aliphatic carbocycles. The van der Waals surface area contributed by atoms with E-state index in [0.29, 0.717) is 0 Å². The van der Waals surface area contributed by atoms with Crippen LogP contribution in [0.2, 0.25) is 0 Å². The molecule has 0 aromatic carbocycles. The lowest BCUT2D eigenvalue weighted by molar-refractivity contribution is 1.34. The second kappa shape index (κ2) is 10.6. The van der Waals surface area contributed by atoms with E-state index in [-0.39, 0.29) is 0 Å².